The Hall–Kier alpha value is -1.48. The molecule has 76 valence electrons. The monoisotopic (exact) mass is 216 g/mol. The summed E-state index contributed by atoms with van der Waals surface area (Å²) in [6, 6.07) is 8.40. The summed E-state index contributed by atoms with van der Waals surface area (Å²) in [7, 11) is 2.10. The molecule has 1 aromatic carbocycles. The van der Waals surface area contributed by atoms with Crippen LogP contribution < -0.4 is 5.73 Å². The molecule has 0 radical (unpaired) electrons. The lowest BCUT2D eigenvalue weighted by atomic mass is 10.2. The normalized spacial score (nSPS) is 11.6. The largest absolute Gasteiger partial charge is 0.397 e. The van der Waals surface area contributed by atoms with Gasteiger partial charge in [0.25, 0.3) is 0 Å². The van der Waals surface area contributed by atoms with E-state index in [4.69, 9.17) is 5.73 Å². The average molecular weight is 216 g/mol. The van der Waals surface area contributed by atoms with Gasteiger partial charge in [-0.3, -0.25) is 0 Å². The van der Waals surface area contributed by atoms with E-state index in [0.29, 0.717) is 0 Å². The van der Waals surface area contributed by atoms with Crippen LogP contribution >= 0.6 is 11.3 Å². The van der Waals surface area contributed by atoms with Crippen molar-refractivity contribution in [3.8, 4) is 0 Å². The molecule has 15 heavy (non-hydrogen) atoms. The molecule has 2 nitrogen and oxygen atoms in total. The van der Waals surface area contributed by atoms with Crippen LogP contribution in [0.2, 0.25) is 0 Å². The number of aromatic nitrogens is 1. The molecule has 0 aliphatic rings. The highest BCUT2D eigenvalue weighted by molar-refractivity contribution is 7.19. The molecule has 0 aliphatic heterocycles. The molecule has 0 spiro atoms. The molecular weight excluding hydrogens is 204 g/mol. The second kappa shape index (κ2) is 2.76. The Morgan fingerprint density at radius 1 is 1.27 bits per heavy atom. The van der Waals surface area contributed by atoms with Gasteiger partial charge in [0, 0.05) is 28.2 Å². The molecule has 2 heterocycles. The minimum Gasteiger partial charge on any atom is -0.397 e. The lowest BCUT2D eigenvalue weighted by Gasteiger charge is -1.95. The number of rotatable bonds is 0. The van der Waals surface area contributed by atoms with Crippen LogP contribution in [0, 0.1) is 6.92 Å². The van der Waals surface area contributed by atoms with Crippen LogP contribution in [-0.2, 0) is 7.05 Å². The second-order valence-electron chi connectivity index (χ2n) is 3.83. The molecule has 3 rings (SSSR count). The molecule has 0 bridgehead atoms. The Balaban J connectivity index is 2.68. The fourth-order valence-corrected chi connectivity index (χ4v) is 3.18. The maximum atomic E-state index is 6.11. The summed E-state index contributed by atoms with van der Waals surface area (Å²) in [6.45, 7) is 2.08. The number of hydrogen-bond donors (Lipinski definition) is 1. The summed E-state index contributed by atoms with van der Waals surface area (Å²) < 4.78 is 2.22. The quantitative estimate of drug-likeness (QED) is 0.614. The first-order valence-corrected chi connectivity index (χ1v) is 5.74. The van der Waals surface area contributed by atoms with Crippen LogP contribution in [-0.4, -0.2) is 4.57 Å². The van der Waals surface area contributed by atoms with Crippen LogP contribution in [0.15, 0.2) is 24.3 Å². The van der Waals surface area contributed by atoms with Gasteiger partial charge >= 0.3 is 0 Å². The van der Waals surface area contributed by atoms with E-state index in [9.17, 15) is 0 Å². The van der Waals surface area contributed by atoms with Crippen molar-refractivity contribution >= 4 is 38.1 Å². The number of anilines is 1. The SMILES string of the molecule is Cc1sc2c(c1N)c1ccccc1n2C. The smallest absolute Gasteiger partial charge is 0.106 e. The fraction of sp³-hybridized carbons (Fsp3) is 0.167. The zero-order valence-electron chi connectivity index (χ0n) is 8.74. The number of thiophene rings is 1. The minimum absolute atomic E-state index is 0.937. The number of fused-ring (bicyclic) bond motifs is 3. The molecule has 0 unspecified atom stereocenters. The molecule has 0 aliphatic carbocycles. The zero-order chi connectivity index (χ0) is 10.6. The lowest BCUT2D eigenvalue weighted by Crippen LogP contribution is -1.83. The minimum atomic E-state index is 0.937. The standard InChI is InChI=1S/C12H12N2S/c1-7-11(13)10-8-5-3-4-6-9(8)14(2)12(10)15-7/h3-6H,13H2,1-2H3. The molecule has 3 aromatic rings. The highest BCUT2D eigenvalue weighted by Crippen LogP contribution is 2.39. The van der Waals surface area contributed by atoms with Crippen LogP contribution in [0.5, 0.6) is 0 Å². The van der Waals surface area contributed by atoms with Gasteiger partial charge in [-0.1, -0.05) is 18.2 Å². The van der Waals surface area contributed by atoms with Crippen molar-refractivity contribution in [3.63, 3.8) is 0 Å². The Morgan fingerprint density at radius 2 is 2.00 bits per heavy atom. The van der Waals surface area contributed by atoms with Gasteiger partial charge in [0.15, 0.2) is 0 Å². The molecule has 0 saturated carbocycles. The summed E-state index contributed by atoms with van der Waals surface area (Å²) >= 11 is 1.77. The third kappa shape index (κ3) is 0.984. The Morgan fingerprint density at radius 3 is 2.80 bits per heavy atom. The number of nitrogens with zero attached hydrogens (tertiary/aromatic N) is 1. The first-order valence-electron chi connectivity index (χ1n) is 4.92. The summed E-state index contributed by atoms with van der Waals surface area (Å²) in [5, 5.41) is 2.48. The topological polar surface area (TPSA) is 30.9 Å². The number of benzene rings is 1. The van der Waals surface area contributed by atoms with E-state index in [1.165, 1.54) is 26.0 Å². The van der Waals surface area contributed by atoms with E-state index >= 15 is 0 Å². The lowest BCUT2D eigenvalue weighted by molar-refractivity contribution is 1.02. The zero-order valence-corrected chi connectivity index (χ0v) is 9.56. The molecule has 2 aromatic heterocycles. The van der Waals surface area contributed by atoms with E-state index < -0.39 is 0 Å². The Kier molecular flexibility index (Phi) is 1.62. The van der Waals surface area contributed by atoms with Gasteiger partial charge in [0.05, 0.1) is 5.69 Å². The van der Waals surface area contributed by atoms with Crippen molar-refractivity contribution in [2.45, 2.75) is 6.92 Å². The summed E-state index contributed by atoms with van der Waals surface area (Å²) in [5.41, 5.74) is 8.31. The summed E-state index contributed by atoms with van der Waals surface area (Å²) in [4.78, 5) is 2.48. The van der Waals surface area contributed by atoms with Gasteiger partial charge < -0.3 is 10.3 Å². The number of aryl methyl sites for hydroxylation is 2. The molecule has 0 saturated heterocycles. The first kappa shape index (κ1) is 8.80. The molecule has 3 heteroatoms. The van der Waals surface area contributed by atoms with Crippen molar-refractivity contribution in [1.29, 1.82) is 0 Å². The predicted octanol–water partition coefficient (Wildman–Crippen LogP) is 3.28. The van der Waals surface area contributed by atoms with Crippen molar-refractivity contribution < 1.29 is 0 Å². The van der Waals surface area contributed by atoms with E-state index in [-0.39, 0.29) is 0 Å². The Labute approximate surface area is 91.9 Å². The third-order valence-electron chi connectivity index (χ3n) is 2.95. The van der Waals surface area contributed by atoms with E-state index in [2.05, 4.69) is 42.8 Å². The highest BCUT2D eigenvalue weighted by atomic mass is 32.1. The first-order chi connectivity index (χ1) is 7.20. The maximum absolute atomic E-state index is 6.11. The molecule has 0 amide bonds. The maximum Gasteiger partial charge on any atom is 0.106 e. The van der Waals surface area contributed by atoms with Crippen LogP contribution in [0.3, 0.4) is 0 Å². The second-order valence-corrected chi connectivity index (χ2v) is 5.03. The van der Waals surface area contributed by atoms with Crippen LogP contribution in [0.4, 0.5) is 5.69 Å². The predicted molar refractivity (Wildman–Crippen MR) is 67.5 cm³/mol. The van der Waals surface area contributed by atoms with E-state index in [1.807, 2.05) is 0 Å². The van der Waals surface area contributed by atoms with Gasteiger partial charge in [-0.05, 0) is 13.0 Å². The van der Waals surface area contributed by atoms with Gasteiger partial charge in [0.1, 0.15) is 4.83 Å². The van der Waals surface area contributed by atoms with Gasteiger partial charge in [-0.15, -0.1) is 11.3 Å². The number of para-hydroxylation sites is 1. The molecule has 0 fully saturated rings. The van der Waals surface area contributed by atoms with Crippen LogP contribution in [0.25, 0.3) is 21.1 Å². The van der Waals surface area contributed by atoms with Gasteiger partial charge in [-0.25, -0.2) is 0 Å². The van der Waals surface area contributed by atoms with E-state index in [1.54, 1.807) is 11.3 Å². The van der Waals surface area contributed by atoms with Gasteiger partial charge in [0.2, 0.25) is 0 Å². The van der Waals surface area contributed by atoms with Crippen molar-refractivity contribution in [2.75, 3.05) is 5.73 Å². The fourth-order valence-electron chi connectivity index (χ4n) is 2.13. The van der Waals surface area contributed by atoms with Crippen molar-refractivity contribution in [3.05, 3.63) is 29.1 Å². The molecule has 0 atom stereocenters. The number of nitrogens with two attached hydrogens (primary N) is 1. The highest BCUT2D eigenvalue weighted by Gasteiger charge is 2.14. The van der Waals surface area contributed by atoms with Crippen molar-refractivity contribution in [2.24, 2.45) is 7.05 Å². The van der Waals surface area contributed by atoms with Crippen molar-refractivity contribution in [1.82, 2.24) is 4.57 Å². The van der Waals surface area contributed by atoms with Crippen LogP contribution in [0.1, 0.15) is 4.88 Å². The average Bonchev–Trinajstić information content (AvgIpc) is 2.68. The Bertz CT molecular complexity index is 661. The van der Waals surface area contributed by atoms with Gasteiger partial charge in [-0.2, -0.15) is 0 Å². The molecule has 2 N–H and O–H groups in total. The summed E-state index contributed by atoms with van der Waals surface area (Å²) in [6.07, 6.45) is 0. The third-order valence-corrected chi connectivity index (χ3v) is 4.15. The number of hydrogen-bond acceptors (Lipinski definition) is 2. The van der Waals surface area contributed by atoms with E-state index in [0.717, 1.165) is 5.69 Å². The number of nitrogen functional groups attached to an aromatic ring is 1. The molecular formula is C12H12N2S. The summed E-state index contributed by atoms with van der Waals surface area (Å²) in [5.74, 6) is 0.